The summed E-state index contributed by atoms with van der Waals surface area (Å²) in [7, 11) is 0. The van der Waals surface area contributed by atoms with E-state index < -0.39 is 0 Å². The van der Waals surface area contributed by atoms with Crippen LogP contribution in [-0.2, 0) is 11.3 Å². The highest BCUT2D eigenvalue weighted by Crippen LogP contribution is 2.14. The van der Waals surface area contributed by atoms with Gasteiger partial charge in [-0.1, -0.05) is 35.5 Å². The van der Waals surface area contributed by atoms with Crippen LogP contribution in [0.3, 0.4) is 0 Å². The monoisotopic (exact) mass is 259 g/mol. The van der Waals surface area contributed by atoms with E-state index in [9.17, 15) is 4.79 Å². The summed E-state index contributed by atoms with van der Waals surface area (Å²) in [6.07, 6.45) is 0. The first-order valence-electron chi connectivity index (χ1n) is 6.15. The molecule has 0 saturated heterocycles. The van der Waals surface area contributed by atoms with E-state index in [4.69, 9.17) is 10.3 Å². The first-order chi connectivity index (χ1) is 9.20. The van der Waals surface area contributed by atoms with Crippen LogP contribution in [0.1, 0.15) is 22.9 Å². The SMILES string of the molecule is Cc1cc(CNC(=O)C(CN)c2ccccc2)on1. The zero-order valence-corrected chi connectivity index (χ0v) is 10.8. The maximum atomic E-state index is 12.1. The third kappa shape index (κ3) is 3.42. The summed E-state index contributed by atoms with van der Waals surface area (Å²) in [5.74, 6) is 0.183. The quantitative estimate of drug-likeness (QED) is 0.849. The molecule has 5 nitrogen and oxygen atoms in total. The van der Waals surface area contributed by atoms with E-state index in [0.717, 1.165) is 11.3 Å². The van der Waals surface area contributed by atoms with Crippen LogP contribution < -0.4 is 11.1 Å². The number of aromatic nitrogens is 1. The Bertz CT molecular complexity index is 537. The first kappa shape index (κ1) is 13.3. The number of aryl methyl sites for hydroxylation is 1. The fraction of sp³-hybridized carbons (Fsp3) is 0.286. The van der Waals surface area contributed by atoms with Crippen molar-refractivity contribution < 1.29 is 9.32 Å². The number of hydrogen-bond donors (Lipinski definition) is 2. The maximum Gasteiger partial charge on any atom is 0.229 e. The molecule has 0 aliphatic carbocycles. The minimum absolute atomic E-state index is 0.109. The highest BCUT2D eigenvalue weighted by Gasteiger charge is 2.18. The van der Waals surface area contributed by atoms with Crippen molar-refractivity contribution in [2.75, 3.05) is 6.54 Å². The molecule has 1 amide bonds. The van der Waals surface area contributed by atoms with Crippen molar-refractivity contribution in [1.29, 1.82) is 0 Å². The van der Waals surface area contributed by atoms with Gasteiger partial charge >= 0.3 is 0 Å². The van der Waals surface area contributed by atoms with Gasteiger partial charge in [0.05, 0.1) is 18.2 Å². The van der Waals surface area contributed by atoms with Crippen LogP contribution in [0, 0.1) is 6.92 Å². The summed E-state index contributed by atoms with van der Waals surface area (Å²) in [5, 5.41) is 6.58. The first-order valence-corrected chi connectivity index (χ1v) is 6.15. The Balaban J connectivity index is 1.98. The minimum atomic E-state index is -0.342. The number of amides is 1. The maximum absolute atomic E-state index is 12.1. The van der Waals surface area contributed by atoms with Crippen LogP contribution in [0.15, 0.2) is 40.9 Å². The molecule has 5 heteroatoms. The summed E-state index contributed by atoms with van der Waals surface area (Å²) in [6, 6.07) is 11.3. The average Bonchev–Trinajstić information content (AvgIpc) is 2.84. The second kappa shape index (κ2) is 6.15. The molecule has 1 unspecified atom stereocenters. The molecule has 2 rings (SSSR count). The molecule has 0 radical (unpaired) electrons. The lowest BCUT2D eigenvalue weighted by Gasteiger charge is -2.14. The number of nitrogens with one attached hydrogen (secondary N) is 1. The average molecular weight is 259 g/mol. The highest BCUT2D eigenvalue weighted by atomic mass is 16.5. The summed E-state index contributed by atoms with van der Waals surface area (Å²) < 4.78 is 5.04. The van der Waals surface area contributed by atoms with E-state index in [0.29, 0.717) is 12.3 Å². The van der Waals surface area contributed by atoms with Crippen molar-refractivity contribution >= 4 is 5.91 Å². The summed E-state index contributed by atoms with van der Waals surface area (Å²) in [4.78, 5) is 12.1. The van der Waals surface area contributed by atoms with Gasteiger partial charge in [-0.05, 0) is 12.5 Å². The number of carbonyl (C=O) groups is 1. The number of carbonyl (C=O) groups excluding carboxylic acids is 1. The number of nitrogens with two attached hydrogens (primary N) is 1. The molecule has 2 aromatic rings. The molecule has 0 aliphatic heterocycles. The largest absolute Gasteiger partial charge is 0.359 e. The van der Waals surface area contributed by atoms with Crippen molar-refractivity contribution in [1.82, 2.24) is 10.5 Å². The van der Waals surface area contributed by atoms with Crippen LogP contribution >= 0.6 is 0 Å². The van der Waals surface area contributed by atoms with E-state index in [2.05, 4.69) is 10.5 Å². The van der Waals surface area contributed by atoms with Gasteiger partial charge in [0.2, 0.25) is 5.91 Å². The molecular formula is C14H17N3O2. The Labute approximate surface area is 111 Å². The number of nitrogens with zero attached hydrogens (tertiary/aromatic N) is 1. The topological polar surface area (TPSA) is 81.2 Å². The van der Waals surface area contributed by atoms with E-state index >= 15 is 0 Å². The number of hydrogen-bond acceptors (Lipinski definition) is 4. The molecule has 0 fully saturated rings. The third-order valence-electron chi connectivity index (χ3n) is 2.87. The van der Waals surface area contributed by atoms with E-state index in [1.54, 1.807) is 6.07 Å². The van der Waals surface area contributed by atoms with Crippen LogP contribution in [0.2, 0.25) is 0 Å². The molecule has 0 saturated carbocycles. The molecule has 3 N–H and O–H groups in total. The van der Waals surface area contributed by atoms with Crippen molar-refractivity contribution in [2.24, 2.45) is 5.73 Å². The number of rotatable bonds is 5. The molecule has 0 spiro atoms. The highest BCUT2D eigenvalue weighted by molar-refractivity contribution is 5.83. The van der Waals surface area contributed by atoms with Crippen molar-refractivity contribution in [3.8, 4) is 0 Å². The van der Waals surface area contributed by atoms with Gasteiger partial charge in [0.25, 0.3) is 0 Å². The van der Waals surface area contributed by atoms with Crippen molar-refractivity contribution in [3.63, 3.8) is 0 Å². The van der Waals surface area contributed by atoms with Gasteiger partial charge in [-0.25, -0.2) is 0 Å². The van der Waals surface area contributed by atoms with Crippen LogP contribution in [0.4, 0.5) is 0 Å². The van der Waals surface area contributed by atoms with Gasteiger partial charge in [-0.2, -0.15) is 0 Å². The van der Waals surface area contributed by atoms with Gasteiger partial charge in [0.1, 0.15) is 0 Å². The van der Waals surface area contributed by atoms with Gasteiger partial charge in [0.15, 0.2) is 5.76 Å². The van der Waals surface area contributed by atoms with E-state index in [-0.39, 0.29) is 18.4 Å². The van der Waals surface area contributed by atoms with Gasteiger partial charge in [0, 0.05) is 12.6 Å². The molecule has 100 valence electrons. The predicted octanol–water partition coefficient (Wildman–Crippen LogP) is 1.34. The number of benzene rings is 1. The second-order valence-electron chi connectivity index (χ2n) is 4.35. The van der Waals surface area contributed by atoms with Gasteiger partial charge < -0.3 is 15.6 Å². The van der Waals surface area contributed by atoms with Gasteiger partial charge in [-0.15, -0.1) is 0 Å². The molecule has 0 aliphatic rings. The predicted molar refractivity (Wildman–Crippen MR) is 71.3 cm³/mol. The van der Waals surface area contributed by atoms with E-state index in [1.165, 1.54) is 0 Å². The molecule has 1 heterocycles. The zero-order chi connectivity index (χ0) is 13.7. The summed E-state index contributed by atoms with van der Waals surface area (Å²) in [6.45, 7) is 2.43. The fourth-order valence-electron chi connectivity index (χ4n) is 1.88. The van der Waals surface area contributed by atoms with Gasteiger partial charge in [-0.3, -0.25) is 4.79 Å². The molecule has 1 atom stereocenters. The van der Waals surface area contributed by atoms with Crippen LogP contribution in [0.25, 0.3) is 0 Å². The molecule has 0 bridgehead atoms. The Morgan fingerprint density at radius 1 is 1.42 bits per heavy atom. The lowest BCUT2D eigenvalue weighted by Crippen LogP contribution is -2.33. The van der Waals surface area contributed by atoms with E-state index in [1.807, 2.05) is 37.3 Å². The summed E-state index contributed by atoms with van der Waals surface area (Å²) in [5.41, 5.74) is 7.39. The molecular weight excluding hydrogens is 242 g/mol. The zero-order valence-electron chi connectivity index (χ0n) is 10.8. The lowest BCUT2D eigenvalue weighted by atomic mass is 9.98. The Morgan fingerprint density at radius 2 is 2.16 bits per heavy atom. The summed E-state index contributed by atoms with van der Waals surface area (Å²) >= 11 is 0. The van der Waals surface area contributed by atoms with Crippen molar-refractivity contribution in [3.05, 3.63) is 53.4 Å². The molecule has 1 aromatic carbocycles. The van der Waals surface area contributed by atoms with Crippen LogP contribution in [-0.4, -0.2) is 17.6 Å². The molecule has 1 aromatic heterocycles. The lowest BCUT2D eigenvalue weighted by molar-refractivity contribution is -0.122. The Hall–Kier alpha value is -2.14. The molecule has 19 heavy (non-hydrogen) atoms. The third-order valence-corrected chi connectivity index (χ3v) is 2.87. The Kier molecular flexibility index (Phi) is 4.30. The smallest absolute Gasteiger partial charge is 0.229 e. The Morgan fingerprint density at radius 3 is 2.74 bits per heavy atom. The minimum Gasteiger partial charge on any atom is -0.359 e. The van der Waals surface area contributed by atoms with Crippen LogP contribution in [0.5, 0.6) is 0 Å². The van der Waals surface area contributed by atoms with Crippen molar-refractivity contribution in [2.45, 2.75) is 19.4 Å². The standard InChI is InChI=1S/C14H17N3O2/c1-10-7-12(19-17-10)9-16-14(18)13(8-15)11-5-3-2-4-6-11/h2-7,13H,8-9,15H2,1H3,(H,16,18). The second-order valence-corrected chi connectivity index (χ2v) is 4.35. The normalized spacial score (nSPS) is 12.1. The fourth-order valence-corrected chi connectivity index (χ4v) is 1.88.